The molecule has 0 saturated carbocycles. The Morgan fingerprint density at radius 2 is 1.70 bits per heavy atom. The Labute approximate surface area is 158 Å². The van der Waals surface area contributed by atoms with Crippen molar-refractivity contribution in [2.45, 2.75) is 19.4 Å². The van der Waals surface area contributed by atoms with E-state index in [0.717, 1.165) is 36.7 Å². The van der Waals surface area contributed by atoms with Crippen molar-refractivity contribution in [1.29, 1.82) is 0 Å². The molecule has 144 valence electrons. The van der Waals surface area contributed by atoms with Gasteiger partial charge in [0, 0.05) is 32.7 Å². The van der Waals surface area contributed by atoms with Crippen LogP contribution < -0.4 is 9.47 Å². The van der Waals surface area contributed by atoms with E-state index in [9.17, 15) is 14.7 Å². The van der Waals surface area contributed by atoms with Crippen LogP contribution in [-0.4, -0.2) is 59.8 Å². The van der Waals surface area contributed by atoms with E-state index in [1.165, 1.54) is 0 Å². The summed E-state index contributed by atoms with van der Waals surface area (Å²) >= 11 is 0. The van der Waals surface area contributed by atoms with Crippen molar-refractivity contribution in [1.82, 2.24) is 9.80 Å². The van der Waals surface area contributed by atoms with Crippen molar-refractivity contribution in [3.8, 4) is 11.5 Å². The number of ether oxygens (including phenoxy) is 2. The minimum Gasteiger partial charge on any atom is -0.481 e. The van der Waals surface area contributed by atoms with E-state index >= 15 is 0 Å². The topological polar surface area (TPSA) is 79.3 Å². The van der Waals surface area contributed by atoms with Crippen molar-refractivity contribution >= 4 is 11.9 Å². The molecule has 1 aromatic carbocycles. The third kappa shape index (κ3) is 3.78. The third-order valence-corrected chi connectivity index (χ3v) is 5.59. The van der Waals surface area contributed by atoms with E-state index in [2.05, 4.69) is 4.90 Å². The number of nitrogens with zero attached hydrogens (tertiary/aromatic N) is 2. The normalized spacial score (nSPS) is 24.8. The zero-order chi connectivity index (χ0) is 18.8. The Bertz CT molecular complexity index is 755. The second-order valence-corrected chi connectivity index (χ2v) is 7.28. The number of hydrogen-bond donors (Lipinski definition) is 1. The highest BCUT2D eigenvalue weighted by Gasteiger charge is 2.37. The van der Waals surface area contributed by atoms with Gasteiger partial charge < -0.3 is 19.5 Å². The van der Waals surface area contributed by atoms with Crippen molar-refractivity contribution in [3.63, 3.8) is 0 Å². The van der Waals surface area contributed by atoms with Crippen LogP contribution >= 0.6 is 0 Å². The number of carbonyl (C=O) groups is 2. The van der Waals surface area contributed by atoms with E-state index in [0.29, 0.717) is 25.9 Å². The highest BCUT2D eigenvalue weighted by atomic mass is 16.7. The van der Waals surface area contributed by atoms with Crippen LogP contribution in [0.25, 0.3) is 0 Å². The lowest BCUT2D eigenvalue weighted by Crippen LogP contribution is -2.51. The van der Waals surface area contributed by atoms with Gasteiger partial charge in [-0.2, -0.15) is 0 Å². The SMILES string of the molecule is O=C(O)C1CC=CCC1C(=O)N1CCN(Cc2ccc3c(c2)OCO3)CC1. The van der Waals surface area contributed by atoms with Crippen molar-refractivity contribution in [2.75, 3.05) is 33.0 Å². The predicted molar refractivity (Wildman–Crippen MR) is 97.4 cm³/mol. The first kappa shape index (κ1) is 17.9. The molecule has 2 unspecified atom stereocenters. The Kier molecular flexibility index (Phi) is 5.03. The summed E-state index contributed by atoms with van der Waals surface area (Å²) in [6.45, 7) is 3.89. The first-order chi connectivity index (χ1) is 13.1. The van der Waals surface area contributed by atoms with Crippen LogP contribution in [0.2, 0.25) is 0 Å². The molecule has 1 fully saturated rings. The van der Waals surface area contributed by atoms with Gasteiger partial charge in [-0.1, -0.05) is 18.2 Å². The minimum atomic E-state index is -0.876. The second-order valence-electron chi connectivity index (χ2n) is 7.28. The number of carbonyl (C=O) groups excluding carboxylic acids is 1. The summed E-state index contributed by atoms with van der Waals surface area (Å²) in [5, 5.41) is 9.40. The molecule has 27 heavy (non-hydrogen) atoms. The average Bonchev–Trinajstić information content (AvgIpc) is 3.16. The van der Waals surface area contributed by atoms with Crippen molar-refractivity contribution in [3.05, 3.63) is 35.9 Å². The van der Waals surface area contributed by atoms with Crippen molar-refractivity contribution in [2.24, 2.45) is 11.8 Å². The lowest BCUT2D eigenvalue weighted by molar-refractivity contribution is -0.151. The largest absolute Gasteiger partial charge is 0.481 e. The molecule has 1 N–H and O–H groups in total. The van der Waals surface area contributed by atoms with Gasteiger partial charge >= 0.3 is 5.97 Å². The Morgan fingerprint density at radius 3 is 2.44 bits per heavy atom. The van der Waals surface area contributed by atoms with Crippen LogP contribution in [0, 0.1) is 11.8 Å². The van der Waals surface area contributed by atoms with Gasteiger partial charge in [-0.3, -0.25) is 14.5 Å². The molecule has 2 heterocycles. The third-order valence-electron chi connectivity index (χ3n) is 5.59. The Hall–Kier alpha value is -2.54. The number of rotatable bonds is 4. The fourth-order valence-electron chi connectivity index (χ4n) is 4.02. The maximum atomic E-state index is 12.8. The smallest absolute Gasteiger partial charge is 0.307 e. The van der Waals surface area contributed by atoms with Crippen LogP contribution in [0.5, 0.6) is 11.5 Å². The van der Waals surface area contributed by atoms with E-state index in [4.69, 9.17) is 9.47 Å². The maximum Gasteiger partial charge on any atom is 0.307 e. The number of fused-ring (bicyclic) bond motifs is 1. The van der Waals surface area contributed by atoms with Gasteiger partial charge in [0.2, 0.25) is 12.7 Å². The number of hydrogen-bond acceptors (Lipinski definition) is 5. The van der Waals surface area contributed by atoms with Gasteiger partial charge in [0.05, 0.1) is 11.8 Å². The summed E-state index contributed by atoms with van der Waals surface area (Å²) < 4.78 is 10.8. The van der Waals surface area contributed by atoms with Gasteiger partial charge in [0.25, 0.3) is 0 Å². The van der Waals surface area contributed by atoms with E-state index in [1.54, 1.807) is 0 Å². The molecule has 2 aliphatic heterocycles. The predicted octanol–water partition coefficient (Wildman–Crippen LogP) is 1.73. The molecule has 7 heteroatoms. The number of benzene rings is 1. The van der Waals surface area contributed by atoms with Crippen LogP contribution in [0.1, 0.15) is 18.4 Å². The molecule has 1 aromatic rings. The highest BCUT2D eigenvalue weighted by molar-refractivity contribution is 5.85. The van der Waals surface area contributed by atoms with E-state index in [-0.39, 0.29) is 12.7 Å². The molecule has 2 atom stereocenters. The number of allylic oxidation sites excluding steroid dienone is 2. The highest BCUT2D eigenvalue weighted by Crippen LogP contribution is 2.33. The summed E-state index contributed by atoms with van der Waals surface area (Å²) in [5.41, 5.74) is 1.15. The summed E-state index contributed by atoms with van der Waals surface area (Å²) in [7, 11) is 0. The molecule has 0 spiro atoms. The molecule has 0 bridgehead atoms. The van der Waals surface area contributed by atoms with Gasteiger partial charge in [-0.05, 0) is 30.5 Å². The lowest BCUT2D eigenvalue weighted by atomic mass is 9.82. The standard InChI is InChI=1S/C20H24N2O5/c23-19(15-3-1-2-4-16(15)20(24)25)22-9-7-21(8-10-22)12-14-5-6-17-18(11-14)27-13-26-17/h1-2,5-6,11,15-16H,3-4,7-10,12-13H2,(H,24,25). The van der Waals surface area contributed by atoms with Gasteiger partial charge in [-0.15, -0.1) is 0 Å². The van der Waals surface area contributed by atoms with Gasteiger partial charge in [0.15, 0.2) is 11.5 Å². The van der Waals surface area contributed by atoms with E-state index in [1.807, 2.05) is 35.3 Å². The van der Waals surface area contributed by atoms with Gasteiger partial charge in [0.1, 0.15) is 0 Å². The Balaban J connectivity index is 1.32. The quantitative estimate of drug-likeness (QED) is 0.811. The molecular formula is C20H24N2O5. The number of piperazine rings is 1. The van der Waals surface area contributed by atoms with Crippen LogP contribution in [0.15, 0.2) is 30.4 Å². The summed E-state index contributed by atoms with van der Waals surface area (Å²) in [6, 6.07) is 5.97. The lowest BCUT2D eigenvalue weighted by Gasteiger charge is -2.37. The molecular weight excluding hydrogens is 348 g/mol. The van der Waals surface area contributed by atoms with E-state index < -0.39 is 17.8 Å². The zero-order valence-corrected chi connectivity index (χ0v) is 15.2. The number of aliphatic carboxylic acids is 1. The van der Waals surface area contributed by atoms with Crippen LogP contribution in [-0.2, 0) is 16.1 Å². The minimum absolute atomic E-state index is 0.0190. The molecule has 0 radical (unpaired) electrons. The van der Waals surface area contributed by atoms with Gasteiger partial charge in [-0.25, -0.2) is 0 Å². The number of carboxylic acids is 1. The fourth-order valence-corrected chi connectivity index (χ4v) is 4.02. The van der Waals surface area contributed by atoms with Crippen LogP contribution in [0.4, 0.5) is 0 Å². The monoisotopic (exact) mass is 372 g/mol. The molecule has 4 rings (SSSR count). The maximum absolute atomic E-state index is 12.8. The average molecular weight is 372 g/mol. The fraction of sp³-hybridized carbons (Fsp3) is 0.500. The summed E-state index contributed by atoms with van der Waals surface area (Å²) in [4.78, 5) is 28.4. The zero-order valence-electron chi connectivity index (χ0n) is 15.2. The molecule has 1 aliphatic carbocycles. The first-order valence-corrected chi connectivity index (χ1v) is 9.39. The number of amides is 1. The number of carboxylic acid groups (broad SMARTS) is 1. The molecule has 1 saturated heterocycles. The first-order valence-electron chi connectivity index (χ1n) is 9.39. The van der Waals surface area contributed by atoms with Crippen LogP contribution in [0.3, 0.4) is 0 Å². The van der Waals surface area contributed by atoms with Crippen molar-refractivity contribution < 1.29 is 24.2 Å². The molecule has 0 aromatic heterocycles. The molecule has 7 nitrogen and oxygen atoms in total. The molecule has 1 amide bonds. The second kappa shape index (κ2) is 7.60. The summed E-state index contributed by atoms with van der Waals surface area (Å²) in [6.07, 6.45) is 4.76. The Morgan fingerprint density at radius 1 is 1.00 bits per heavy atom. The summed E-state index contributed by atoms with van der Waals surface area (Å²) in [5.74, 6) is -0.370. The molecule has 3 aliphatic rings.